The maximum absolute atomic E-state index is 13.3. The lowest BCUT2D eigenvalue weighted by Crippen LogP contribution is -2.47. The number of methoxy groups -OCH3 is 2. The number of rotatable bonds is 5. The Bertz CT molecular complexity index is 1160. The van der Waals surface area contributed by atoms with Crippen molar-refractivity contribution in [3.8, 4) is 17.2 Å². The number of hydrazone groups is 1. The number of ether oxygens (including phenoxy) is 2. The zero-order chi connectivity index (χ0) is 24.6. The summed E-state index contributed by atoms with van der Waals surface area (Å²) in [5, 5.41) is 16.3. The number of phenolic OH excluding ortho intramolecular Hbond substituents is 1. The van der Waals surface area contributed by atoms with Crippen molar-refractivity contribution < 1.29 is 24.2 Å². The van der Waals surface area contributed by atoms with Crippen molar-refractivity contribution >= 4 is 29.1 Å². The molecule has 1 N–H and O–H groups in total. The van der Waals surface area contributed by atoms with Gasteiger partial charge in [0.15, 0.2) is 11.5 Å². The van der Waals surface area contributed by atoms with Crippen LogP contribution in [0.5, 0.6) is 17.2 Å². The number of amides is 2. The number of phenols is 1. The van der Waals surface area contributed by atoms with Gasteiger partial charge < -0.3 is 19.5 Å². The maximum Gasteiger partial charge on any atom is 0.255 e. The van der Waals surface area contributed by atoms with E-state index in [-0.39, 0.29) is 29.2 Å². The van der Waals surface area contributed by atoms with Gasteiger partial charge in [0.25, 0.3) is 11.8 Å². The van der Waals surface area contributed by atoms with E-state index >= 15 is 0 Å². The van der Waals surface area contributed by atoms with Gasteiger partial charge in [0, 0.05) is 18.7 Å². The summed E-state index contributed by atoms with van der Waals surface area (Å²) in [6.45, 7) is 4.66. The van der Waals surface area contributed by atoms with Gasteiger partial charge in [-0.25, -0.2) is 5.01 Å². The van der Waals surface area contributed by atoms with E-state index in [0.29, 0.717) is 48.2 Å². The largest absolute Gasteiger partial charge is 0.508 e. The summed E-state index contributed by atoms with van der Waals surface area (Å²) in [6, 6.07) is 9.72. The summed E-state index contributed by atoms with van der Waals surface area (Å²) in [5.74, 6) is 0.862. The molecule has 4 rings (SSSR count). The summed E-state index contributed by atoms with van der Waals surface area (Å²) in [6.07, 6.45) is 1.18. The van der Waals surface area contributed by atoms with Crippen LogP contribution < -0.4 is 9.47 Å². The monoisotopic (exact) mass is 485 g/mol. The number of piperidine rings is 1. The zero-order valence-electron chi connectivity index (χ0n) is 19.7. The van der Waals surface area contributed by atoms with E-state index < -0.39 is 5.41 Å². The van der Waals surface area contributed by atoms with Gasteiger partial charge in [0.1, 0.15) is 5.75 Å². The first kappa shape index (κ1) is 23.9. The molecule has 0 radical (unpaired) electrons. The van der Waals surface area contributed by atoms with Crippen molar-refractivity contribution in [2.45, 2.75) is 32.7 Å². The first-order valence-corrected chi connectivity index (χ1v) is 11.5. The van der Waals surface area contributed by atoms with Crippen molar-refractivity contribution in [3.63, 3.8) is 0 Å². The molecule has 2 aliphatic rings. The minimum atomic E-state index is -0.804. The molecule has 0 aromatic heterocycles. The lowest BCUT2D eigenvalue weighted by Gasteiger charge is -2.35. The van der Waals surface area contributed by atoms with Gasteiger partial charge in [0.2, 0.25) is 0 Å². The molecule has 34 heavy (non-hydrogen) atoms. The lowest BCUT2D eigenvalue weighted by molar-refractivity contribution is -0.137. The standard InChI is InChI=1S/C25H28ClN3O5/c1-25(2)22(15-5-8-20(33-3)21(13-15)34-4)27-29(24(25)32)16-9-11-28(12-10-16)23(31)18-14-17(30)6-7-19(18)26/h5-8,13-14,16,30H,9-12H2,1-4H3. The van der Waals surface area contributed by atoms with Crippen LogP contribution >= 0.6 is 11.6 Å². The third-order valence-electron chi connectivity index (χ3n) is 6.48. The Balaban J connectivity index is 1.52. The van der Waals surface area contributed by atoms with Gasteiger partial charge in [-0.1, -0.05) is 11.6 Å². The fourth-order valence-corrected chi connectivity index (χ4v) is 4.67. The molecule has 2 amide bonds. The number of hydrogen-bond donors (Lipinski definition) is 1. The van der Waals surface area contributed by atoms with Gasteiger partial charge in [-0.2, -0.15) is 5.10 Å². The Kier molecular flexibility index (Phi) is 6.45. The molecule has 0 unspecified atom stereocenters. The summed E-state index contributed by atoms with van der Waals surface area (Å²) in [4.78, 5) is 28.0. The predicted octanol–water partition coefficient (Wildman–Crippen LogP) is 3.94. The number of carbonyl (C=O) groups excluding carboxylic acids is 2. The van der Waals surface area contributed by atoms with E-state index in [9.17, 15) is 14.7 Å². The van der Waals surface area contributed by atoms with E-state index in [1.54, 1.807) is 30.2 Å². The molecule has 0 atom stereocenters. The molecule has 0 saturated carbocycles. The van der Waals surface area contributed by atoms with Gasteiger partial charge in [-0.3, -0.25) is 9.59 Å². The molecule has 2 heterocycles. The number of aromatic hydroxyl groups is 1. The highest BCUT2D eigenvalue weighted by Crippen LogP contribution is 2.37. The second kappa shape index (κ2) is 9.18. The Hall–Kier alpha value is -3.26. The average molecular weight is 486 g/mol. The molecule has 1 saturated heterocycles. The Morgan fingerprint density at radius 2 is 1.76 bits per heavy atom. The normalized spacial score (nSPS) is 18.1. The minimum absolute atomic E-state index is 0.00967. The smallest absolute Gasteiger partial charge is 0.255 e. The molecule has 0 spiro atoms. The molecule has 9 heteroatoms. The number of carbonyl (C=O) groups is 2. The first-order chi connectivity index (χ1) is 16.2. The van der Waals surface area contributed by atoms with Crippen molar-refractivity contribution in [1.29, 1.82) is 0 Å². The highest BCUT2D eigenvalue weighted by Gasteiger charge is 2.47. The third-order valence-corrected chi connectivity index (χ3v) is 6.81. The number of halogens is 1. The Morgan fingerprint density at radius 3 is 2.41 bits per heavy atom. The van der Waals surface area contributed by atoms with Gasteiger partial charge in [-0.15, -0.1) is 0 Å². The Morgan fingerprint density at radius 1 is 1.09 bits per heavy atom. The van der Waals surface area contributed by atoms with Crippen LogP contribution in [0.1, 0.15) is 42.6 Å². The van der Waals surface area contributed by atoms with Crippen LogP contribution in [0.2, 0.25) is 5.02 Å². The quantitative estimate of drug-likeness (QED) is 0.692. The number of likely N-dealkylation sites (tertiary alicyclic amines) is 1. The summed E-state index contributed by atoms with van der Waals surface area (Å²) < 4.78 is 10.7. The highest BCUT2D eigenvalue weighted by atomic mass is 35.5. The van der Waals surface area contributed by atoms with Crippen LogP contribution in [-0.4, -0.2) is 65.9 Å². The van der Waals surface area contributed by atoms with Gasteiger partial charge in [0.05, 0.1) is 42.0 Å². The number of hydrogen-bond acceptors (Lipinski definition) is 6. The van der Waals surface area contributed by atoms with Crippen LogP contribution in [0.15, 0.2) is 41.5 Å². The van der Waals surface area contributed by atoms with E-state index in [1.165, 1.54) is 18.2 Å². The Labute approximate surface area is 203 Å². The molecule has 0 bridgehead atoms. The summed E-state index contributed by atoms with van der Waals surface area (Å²) in [7, 11) is 3.14. The highest BCUT2D eigenvalue weighted by molar-refractivity contribution is 6.33. The second-order valence-electron chi connectivity index (χ2n) is 8.98. The number of benzene rings is 2. The van der Waals surface area contributed by atoms with Gasteiger partial charge >= 0.3 is 0 Å². The van der Waals surface area contributed by atoms with Crippen LogP contribution in [0.4, 0.5) is 0 Å². The van der Waals surface area contributed by atoms with Crippen molar-refractivity contribution in [2.75, 3.05) is 27.3 Å². The molecule has 8 nitrogen and oxygen atoms in total. The number of nitrogens with zero attached hydrogens (tertiary/aromatic N) is 3. The SMILES string of the molecule is COc1ccc(C2=NN(C3CCN(C(=O)c4cc(O)ccc4Cl)CC3)C(=O)C2(C)C)cc1OC. The topological polar surface area (TPSA) is 91.7 Å². The van der Waals surface area contributed by atoms with Crippen LogP contribution in [-0.2, 0) is 4.79 Å². The molecule has 2 aliphatic heterocycles. The van der Waals surface area contributed by atoms with E-state index in [4.69, 9.17) is 26.2 Å². The molecule has 180 valence electrons. The molecule has 0 aliphatic carbocycles. The molecule has 1 fully saturated rings. The van der Waals surface area contributed by atoms with Gasteiger partial charge in [-0.05, 0) is 63.1 Å². The molecular weight excluding hydrogens is 458 g/mol. The van der Waals surface area contributed by atoms with Crippen molar-refractivity contribution in [2.24, 2.45) is 10.5 Å². The van der Waals surface area contributed by atoms with E-state index in [1.807, 2.05) is 26.0 Å². The van der Waals surface area contributed by atoms with Crippen LogP contribution in [0.25, 0.3) is 0 Å². The predicted molar refractivity (Wildman–Crippen MR) is 129 cm³/mol. The van der Waals surface area contributed by atoms with Crippen molar-refractivity contribution in [1.82, 2.24) is 9.91 Å². The average Bonchev–Trinajstić information content (AvgIpc) is 3.08. The third kappa shape index (κ3) is 4.18. The summed E-state index contributed by atoms with van der Waals surface area (Å²) in [5.41, 5.74) is 0.933. The lowest BCUT2D eigenvalue weighted by atomic mass is 9.83. The van der Waals surface area contributed by atoms with E-state index in [2.05, 4.69) is 0 Å². The fraction of sp³-hybridized carbons (Fsp3) is 0.400. The summed E-state index contributed by atoms with van der Waals surface area (Å²) >= 11 is 6.16. The molecular formula is C25H28ClN3O5. The first-order valence-electron chi connectivity index (χ1n) is 11.1. The zero-order valence-corrected chi connectivity index (χ0v) is 20.4. The fourth-order valence-electron chi connectivity index (χ4n) is 4.48. The van der Waals surface area contributed by atoms with Crippen LogP contribution in [0, 0.1) is 5.41 Å². The second-order valence-corrected chi connectivity index (χ2v) is 9.39. The maximum atomic E-state index is 13.3. The molecule has 2 aromatic rings. The minimum Gasteiger partial charge on any atom is -0.508 e. The van der Waals surface area contributed by atoms with Crippen molar-refractivity contribution in [3.05, 3.63) is 52.5 Å². The molecule has 2 aromatic carbocycles. The van der Waals surface area contributed by atoms with E-state index in [0.717, 1.165) is 5.56 Å². The van der Waals surface area contributed by atoms with Crippen LogP contribution in [0.3, 0.4) is 0 Å².